The predicted octanol–water partition coefficient (Wildman–Crippen LogP) is 3.28. The maximum atomic E-state index is 3.67. The maximum Gasteiger partial charge on any atom is 0.00966 e. The number of rotatable bonds is 4. The van der Waals surface area contributed by atoms with Crippen molar-refractivity contribution in [3.8, 4) is 0 Å². The van der Waals surface area contributed by atoms with Crippen LogP contribution in [0.1, 0.15) is 59.3 Å². The van der Waals surface area contributed by atoms with Gasteiger partial charge >= 0.3 is 0 Å². The first-order valence-electron chi connectivity index (χ1n) is 8.00. The second-order valence-corrected chi connectivity index (χ2v) is 7.53. The summed E-state index contributed by atoms with van der Waals surface area (Å²) in [5.74, 6) is 1.92. The molecule has 0 atom stereocenters. The van der Waals surface area contributed by atoms with Crippen molar-refractivity contribution in [3.05, 3.63) is 0 Å². The maximum absolute atomic E-state index is 3.67. The van der Waals surface area contributed by atoms with Crippen molar-refractivity contribution < 1.29 is 0 Å². The van der Waals surface area contributed by atoms with Gasteiger partial charge in [-0.15, -0.1) is 0 Å². The summed E-state index contributed by atoms with van der Waals surface area (Å²) in [6.45, 7) is 12.2. The fourth-order valence-corrected chi connectivity index (χ4v) is 3.40. The Balaban J connectivity index is 1.61. The molecule has 0 aromatic rings. The summed E-state index contributed by atoms with van der Waals surface area (Å²) >= 11 is 0. The van der Waals surface area contributed by atoms with E-state index >= 15 is 0 Å². The van der Waals surface area contributed by atoms with E-state index in [0.29, 0.717) is 0 Å². The van der Waals surface area contributed by atoms with Gasteiger partial charge in [-0.1, -0.05) is 0 Å². The van der Waals surface area contributed by atoms with Crippen LogP contribution in [-0.2, 0) is 0 Å². The van der Waals surface area contributed by atoms with Gasteiger partial charge in [0.05, 0.1) is 0 Å². The van der Waals surface area contributed by atoms with Crippen molar-refractivity contribution in [3.63, 3.8) is 0 Å². The van der Waals surface area contributed by atoms with Crippen molar-refractivity contribution in [2.45, 2.75) is 64.8 Å². The lowest BCUT2D eigenvalue weighted by Crippen LogP contribution is -2.40. The van der Waals surface area contributed by atoms with Crippen LogP contribution < -0.4 is 5.32 Å². The zero-order valence-electron chi connectivity index (χ0n) is 12.7. The Hall–Kier alpha value is -0.0800. The zero-order chi connectivity index (χ0) is 13.0. The molecule has 2 nitrogen and oxygen atoms in total. The third kappa shape index (κ3) is 4.89. The van der Waals surface area contributed by atoms with Crippen molar-refractivity contribution in [2.75, 3.05) is 26.2 Å². The highest BCUT2D eigenvalue weighted by atomic mass is 15.1. The molecule has 0 aromatic carbocycles. The van der Waals surface area contributed by atoms with Gasteiger partial charge in [-0.25, -0.2) is 0 Å². The molecule has 0 bridgehead atoms. The highest BCUT2D eigenvalue weighted by molar-refractivity contribution is 4.80. The van der Waals surface area contributed by atoms with Crippen LogP contribution in [0.25, 0.3) is 0 Å². The van der Waals surface area contributed by atoms with Gasteiger partial charge in [0.15, 0.2) is 0 Å². The molecule has 0 unspecified atom stereocenters. The molecular weight excluding hydrogens is 220 g/mol. The molecule has 2 heteroatoms. The fraction of sp³-hybridized carbons (Fsp3) is 1.00. The molecule has 0 radical (unpaired) electrons. The summed E-state index contributed by atoms with van der Waals surface area (Å²) in [5, 5.41) is 3.67. The standard InChI is InChI=1S/C16H32N2/c1-16(2,3)17-12-14-6-8-15(9-7-14)13-18-10-4-5-11-18/h14-15,17H,4-13H2,1-3H3/t14-,15-. The molecule has 1 aliphatic carbocycles. The molecule has 2 rings (SSSR count). The van der Waals surface area contributed by atoms with Gasteiger partial charge in [0, 0.05) is 12.1 Å². The molecule has 1 heterocycles. The second-order valence-electron chi connectivity index (χ2n) is 7.53. The van der Waals surface area contributed by atoms with E-state index in [0.717, 1.165) is 11.8 Å². The molecule has 1 saturated heterocycles. The lowest BCUT2D eigenvalue weighted by molar-refractivity contribution is 0.196. The van der Waals surface area contributed by atoms with E-state index in [9.17, 15) is 0 Å². The van der Waals surface area contributed by atoms with Crippen LogP contribution in [0.4, 0.5) is 0 Å². The first-order chi connectivity index (χ1) is 8.53. The van der Waals surface area contributed by atoms with Gasteiger partial charge in [-0.05, 0) is 90.8 Å². The highest BCUT2D eigenvalue weighted by Gasteiger charge is 2.24. The van der Waals surface area contributed by atoms with Crippen LogP contribution in [0.3, 0.4) is 0 Å². The molecule has 1 aliphatic heterocycles. The van der Waals surface area contributed by atoms with Crippen molar-refractivity contribution in [2.24, 2.45) is 11.8 Å². The Morgan fingerprint density at radius 1 is 0.944 bits per heavy atom. The molecule has 106 valence electrons. The Morgan fingerprint density at radius 2 is 1.50 bits per heavy atom. The Kier molecular flexibility index (Phi) is 5.08. The van der Waals surface area contributed by atoms with Gasteiger partial charge < -0.3 is 10.2 Å². The number of likely N-dealkylation sites (tertiary alicyclic amines) is 1. The summed E-state index contributed by atoms with van der Waals surface area (Å²) in [6, 6.07) is 0. The first kappa shape index (κ1) is 14.3. The molecule has 2 aliphatic rings. The van der Waals surface area contributed by atoms with E-state index in [1.807, 2.05) is 0 Å². The highest BCUT2D eigenvalue weighted by Crippen LogP contribution is 2.30. The SMILES string of the molecule is CC(C)(C)NC[C@H]1CC[C@H](CN2CCCC2)CC1. The van der Waals surface area contributed by atoms with Crippen LogP contribution in [0.2, 0.25) is 0 Å². The number of nitrogens with zero attached hydrogens (tertiary/aromatic N) is 1. The quantitative estimate of drug-likeness (QED) is 0.826. The van der Waals surface area contributed by atoms with Crippen molar-refractivity contribution in [1.29, 1.82) is 0 Å². The van der Waals surface area contributed by atoms with Crippen LogP contribution in [0.5, 0.6) is 0 Å². The number of nitrogens with one attached hydrogen (secondary N) is 1. The van der Waals surface area contributed by atoms with E-state index in [-0.39, 0.29) is 5.54 Å². The van der Waals surface area contributed by atoms with Gasteiger partial charge in [0.2, 0.25) is 0 Å². The molecule has 18 heavy (non-hydrogen) atoms. The Morgan fingerprint density at radius 3 is 2.06 bits per heavy atom. The van der Waals surface area contributed by atoms with Crippen LogP contribution in [0.15, 0.2) is 0 Å². The Bertz CT molecular complexity index is 230. The minimum atomic E-state index is 0.284. The monoisotopic (exact) mass is 252 g/mol. The second kappa shape index (κ2) is 6.38. The summed E-state index contributed by atoms with van der Waals surface area (Å²) in [6.07, 6.45) is 8.69. The van der Waals surface area contributed by atoms with Gasteiger partial charge in [0.25, 0.3) is 0 Å². The lowest BCUT2D eigenvalue weighted by Gasteiger charge is -2.33. The van der Waals surface area contributed by atoms with E-state index < -0.39 is 0 Å². The zero-order valence-corrected chi connectivity index (χ0v) is 12.7. The summed E-state index contributed by atoms with van der Waals surface area (Å²) in [7, 11) is 0. The van der Waals surface area contributed by atoms with Crippen LogP contribution >= 0.6 is 0 Å². The lowest BCUT2D eigenvalue weighted by atomic mass is 9.81. The van der Waals surface area contributed by atoms with Crippen molar-refractivity contribution >= 4 is 0 Å². The topological polar surface area (TPSA) is 15.3 Å². The minimum absolute atomic E-state index is 0.284. The largest absolute Gasteiger partial charge is 0.312 e. The molecule has 2 fully saturated rings. The van der Waals surface area contributed by atoms with E-state index in [1.165, 1.54) is 64.7 Å². The average molecular weight is 252 g/mol. The third-order valence-corrected chi connectivity index (χ3v) is 4.60. The molecule has 0 spiro atoms. The van der Waals surface area contributed by atoms with E-state index in [4.69, 9.17) is 0 Å². The minimum Gasteiger partial charge on any atom is -0.312 e. The van der Waals surface area contributed by atoms with Crippen molar-refractivity contribution in [1.82, 2.24) is 10.2 Å². The average Bonchev–Trinajstić information content (AvgIpc) is 2.80. The number of hydrogen-bond donors (Lipinski definition) is 1. The van der Waals surface area contributed by atoms with Crippen LogP contribution in [0, 0.1) is 11.8 Å². The summed E-state index contributed by atoms with van der Waals surface area (Å²) in [5.41, 5.74) is 0.284. The predicted molar refractivity (Wildman–Crippen MR) is 78.9 cm³/mol. The number of hydrogen-bond acceptors (Lipinski definition) is 2. The van der Waals surface area contributed by atoms with E-state index in [2.05, 4.69) is 31.0 Å². The smallest absolute Gasteiger partial charge is 0.00966 e. The molecule has 1 N–H and O–H groups in total. The molecule has 0 aromatic heterocycles. The van der Waals surface area contributed by atoms with E-state index in [1.54, 1.807) is 0 Å². The summed E-state index contributed by atoms with van der Waals surface area (Å²) in [4.78, 5) is 2.69. The van der Waals surface area contributed by atoms with Gasteiger partial charge in [0.1, 0.15) is 0 Å². The normalized spacial score (nSPS) is 30.8. The Labute approximate surface area is 114 Å². The molecule has 1 saturated carbocycles. The van der Waals surface area contributed by atoms with Gasteiger partial charge in [-0.3, -0.25) is 0 Å². The molecule has 0 amide bonds. The van der Waals surface area contributed by atoms with Crippen LogP contribution in [-0.4, -0.2) is 36.6 Å². The third-order valence-electron chi connectivity index (χ3n) is 4.60. The molecular formula is C16H32N2. The summed E-state index contributed by atoms with van der Waals surface area (Å²) < 4.78 is 0. The first-order valence-corrected chi connectivity index (χ1v) is 8.00. The fourth-order valence-electron chi connectivity index (χ4n) is 3.40. The van der Waals surface area contributed by atoms with Gasteiger partial charge in [-0.2, -0.15) is 0 Å².